The van der Waals surface area contributed by atoms with E-state index in [9.17, 15) is 8.78 Å². The maximum atomic E-state index is 13.8. The minimum atomic E-state index is -0.610. The second-order valence-corrected chi connectivity index (χ2v) is 4.58. The topological polar surface area (TPSA) is 35.2 Å². The van der Waals surface area contributed by atoms with Gasteiger partial charge in [-0.2, -0.15) is 0 Å². The van der Waals surface area contributed by atoms with Crippen LogP contribution in [0.4, 0.5) is 8.78 Å². The molecular weight excluding hydrogens is 224 g/mol. The van der Waals surface area contributed by atoms with E-state index in [1.54, 1.807) is 0 Å². The van der Waals surface area contributed by atoms with E-state index in [1.165, 1.54) is 19.2 Å². The standard InChI is InChI=1S/C13H17F2NO/c1-17-9-6-10(14)12(11(15)7-9)13(16)8-4-2-3-5-8/h6-8,13H,2-5,16H2,1H3/t13-/m0/s1. The van der Waals surface area contributed by atoms with Crippen LogP contribution in [0.1, 0.15) is 37.3 Å². The zero-order valence-corrected chi connectivity index (χ0v) is 9.88. The lowest BCUT2D eigenvalue weighted by atomic mass is 9.91. The van der Waals surface area contributed by atoms with Crippen LogP contribution in [0.25, 0.3) is 0 Å². The molecule has 1 saturated carbocycles. The summed E-state index contributed by atoms with van der Waals surface area (Å²) < 4.78 is 32.4. The number of hydrogen-bond donors (Lipinski definition) is 1. The van der Waals surface area contributed by atoms with E-state index in [2.05, 4.69) is 0 Å². The van der Waals surface area contributed by atoms with Gasteiger partial charge in [-0.05, 0) is 18.8 Å². The molecule has 0 bridgehead atoms. The van der Waals surface area contributed by atoms with Crippen molar-refractivity contribution in [3.8, 4) is 5.75 Å². The normalized spacial score (nSPS) is 18.4. The van der Waals surface area contributed by atoms with Crippen LogP contribution in [0.15, 0.2) is 12.1 Å². The van der Waals surface area contributed by atoms with Crippen molar-refractivity contribution in [3.05, 3.63) is 29.3 Å². The molecule has 0 aromatic heterocycles. The molecule has 1 atom stereocenters. The Labute approximate surface area is 99.8 Å². The average Bonchev–Trinajstić information content (AvgIpc) is 2.81. The Morgan fingerprint density at radius 2 is 1.76 bits per heavy atom. The van der Waals surface area contributed by atoms with E-state index < -0.39 is 17.7 Å². The van der Waals surface area contributed by atoms with Crippen molar-refractivity contribution in [1.29, 1.82) is 0 Å². The minimum absolute atomic E-state index is 0.00213. The summed E-state index contributed by atoms with van der Waals surface area (Å²) in [5.41, 5.74) is 5.97. The van der Waals surface area contributed by atoms with Crippen molar-refractivity contribution in [2.24, 2.45) is 11.7 Å². The number of methoxy groups -OCH3 is 1. The first-order valence-electron chi connectivity index (χ1n) is 5.92. The van der Waals surface area contributed by atoms with Crippen molar-refractivity contribution in [2.75, 3.05) is 7.11 Å². The van der Waals surface area contributed by atoms with Crippen LogP contribution in [-0.2, 0) is 0 Å². The summed E-state index contributed by atoms with van der Waals surface area (Å²) >= 11 is 0. The molecule has 2 nitrogen and oxygen atoms in total. The minimum Gasteiger partial charge on any atom is -0.497 e. The zero-order valence-electron chi connectivity index (χ0n) is 9.88. The number of ether oxygens (including phenoxy) is 1. The molecule has 0 amide bonds. The Morgan fingerprint density at radius 1 is 1.24 bits per heavy atom. The molecule has 0 heterocycles. The van der Waals surface area contributed by atoms with Crippen LogP contribution < -0.4 is 10.5 Å². The largest absolute Gasteiger partial charge is 0.497 e. The molecule has 0 saturated heterocycles. The summed E-state index contributed by atoms with van der Waals surface area (Å²) in [5, 5.41) is 0. The van der Waals surface area contributed by atoms with Gasteiger partial charge in [-0.25, -0.2) is 8.78 Å². The fourth-order valence-electron chi connectivity index (χ4n) is 2.55. The van der Waals surface area contributed by atoms with Crippen LogP contribution in [0, 0.1) is 17.6 Å². The van der Waals surface area contributed by atoms with Crippen LogP contribution in [0.5, 0.6) is 5.75 Å². The summed E-state index contributed by atoms with van der Waals surface area (Å²) in [4.78, 5) is 0. The first kappa shape index (κ1) is 12.3. The van der Waals surface area contributed by atoms with E-state index in [0.717, 1.165) is 25.7 Å². The van der Waals surface area contributed by atoms with Gasteiger partial charge >= 0.3 is 0 Å². The van der Waals surface area contributed by atoms with E-state index in [1.807, 2.05) is 0 Å². The van der Waals surface area contributed by atoms with E-state index in [4.69, 9.17) is 10.5 Å². The van der Waals surface area contributed by atoms with Crippen molar-refractivity contribution in [1.82, 2.24) is 0 Å². The second kappa shape index (κ2) is 5.00. The Bertz CT molecular complexity index is 379. The summed E-state index contributed by atoms with van der Waals surface area (Å²) in [7, 11) is 1.38. The highest BCUT2D eigenvalue weighted by Crippen LogP contribution is 2.36. The highest BCUT2D eigenvalue weighted by molar-refractivity contribution is 5.32. The number of benzene rings is 1. The Balaban J connectivity index is 2.30. The molecule has 4 heteroatoms. The third-order valence-corrected chi connectivity index (χ3v) is 3.53. The Morgan fingerprint density at radius 3 is 2.24 bits per heavy atom. The van der Waals surface area contributed by atoms with Crippen LogP contribution in [0.3, 0.4) is 0 Å². The fourth-order valence-corrected chi connectivity index (χ4v) is 2.55. The van der Waals surface area contributed by atoms with Gasteiger partial charge in [0.2, 0.25) is 0 Å². The maximum absolute atomic E-state index is 13.8. The average molecular weight is 241 g/mol. The molecule has 0 aliphatic heterocycles. The SMILES string of the molecule is COc1cc(F)c([C@@H](N)C2CCCC2)c(F)c1. The second-order valence-electron chi connectivity index (χ2n) is 4.58. The third-order valence-electron chi connectivity index (χ3n) is 3.53. The number of halogens is 2. The lowest BCUT2D eigenvalue weighted by Crippen LogP contribution is -2.22. The molecule has 17 heavy (non-hydrogen) atoms. The fraction of sp³-hybridized carbons (Fsp3) is 0.538. The van der Waals surface area contributed by atoms with Gasteiger partial charge in [0.1, 0.15) is 17.4 Å². The van der Waals surface area contributed by atoms with Gasteiger partial charge in [0.05, 0.1) is 7.11 Å². The highest BCUT2D eigenvalue weighted by Gasteiger charge is 2.28. The molecule has 0 radical (unpaired) electrons. The molecule has 1 aliphatic rings. The lowest BCUT2D eigenvalue weighted by molar-refractivity contribution is 0.389. The lowest BCUT2D eigenvalue weighted by Gasteiger charge is -2.20. The molecule has 2 N–H and O–H groups in total. The van der Waals surface area contributed by atoms with Crippen molar-refractivity contribution >= 4 is 0 Å². The quantitative estimate of drug-likeness (QED) is 0.882. The molecule has 0 unspecified atom stereocenters. The van der Waals surface area contributed by atoms with Gasteiger partial charge in [-0.15, -0.1) is 0 Å². The molecule has 94 valence electrons. The summed E-state index contributed by atoms with van der Waals surface area (Å²) in [5.74, 6) is -0.850. The van der Waals surface area contributed by atoms with Crippen molar-refractivity contribution in [3.63, 3.8) is 0 Å². The molecule has 0 spiro atoms. The molecule has 2 rings (SSSR count). The molecule has 1 aromatic rings. The van der Waals surface area contributed by atoms with Crippen LogP contribution in [0.2, 0.25) is 0 Å². The van der Waals surface area contributed by atoms with Gasteiger partial charge in [0.25, 0.3) is 0 Å². The van der Waals surface area contributed by atoms with Gasteiger partial charge in [-0.1, -0.05) is 12.8 Å². The van der Waals surface area contributed by atoms with Crippen molar-refractivity contribution < 1.29 is 13.5 Å². The van der Waals surface area contributed by atoms with E-state index >= 15 is 0 Å². The van der Waals surface area contributed by atoms with Gasteiger partial charge in [-0.3, -0.25) is 0 Å². The molecule has 1 aromatic carbocycles. The highest BCUT2D eigenvalue weighted by atomic mass is 19.1. The van der Waals surface area contributed by atoms with Crippen LogP contribution in [-0.4, -0.2) is 7.11 Å². The first-order chi connectivity index (χ1) is 8.13. The smallest absolute Gasteiger partial charge is 0.134 e. The van der Waals surface area contributed by atoms with Gasteiger partial charge in [0, 0.05) is 23.7 Å². The summed E-state index contributed by atoms with van der Waals surface area (Å²) in [6.07, 6.45) is 4.09. The number of rotatable bonds is 3. The van der Waals surface area contributed by atoms with E-state index in [0.29, 0.717) is 0 Å². The summed E-state index contributed by atoms with van der Waals surface area (Å²) in [6.45, 7) is 0. The van der Waals surface area contributed by atoms with Crippen molar-refractivity contribution in [2.45, 2.75) is 31.7 Å². The Hall–Kier alpha value is -1.16. The molecule has 1 aliphatic carbocycles. The zero-order chi connectivity index (χ0) is 12.4. The predicted molar refractivity (Wildman–Crippen MR) is 61.8 cm³/mol. The molecule has 1 fully saturated rings. The first-order valence-corrected chi connectivity index (χ1v) is 5.92. The number of hydrogen-bond acceptors (Lipinski definition) is 2. The third kappa shape index (κ3) is 2.41. The van der Waals surface area contributed by atoms with Gasteiger partial charge < -0.3 is 10.5 Å². The predicted octanol–water partition coefficient (Wildman–Crippen LogP) is 3.16. The molecular formula is C13H17F2NO. The van der Waals surface area contributed by atoms with Gasteiger partial charge in [0.15, 0.2) is 0 Å². The maximum Gasteiger partial charge on any atom is 0.134 e. The summed E-state index contributed by atoms with van der Waals surface area (Å²) in [6, 6.07) is 1.82. The number of nitrogens with two attached hydrogens (primary N) is 1. The Kier molecular flexibility index (Phi) is 3.62. The van der Waals surface area contributed by atoms with E-state index in [-0.39, 0.29) is 17.2 Å². The van der Waals surface area contributed by atoms with Crippen LogP contribution >= 0.6 is 0 Å². The monoisotopic (exact) mass is 241 g/mol.